The highest BCUT2D eigenvalue weighted by atomic mass is 32.1. The van der Waals surface area contributed by atoms with Crippen molar-refractivity contribution in [2.75, 3.05) is 0 Å². The van der Waals surface area contributed by atoms with E-state index in [0.717, 1.165) is 29.7 Å². The molecule has 1 aromatic heterocycles. The molecule has 0 bridgehead atoms. The van der Waals surface area contributed by atoms with Crippen LogP contribution < -0.4 is 4.74 Å². The van der Waals surface area contributed by atoms with Crippen LogP contribution in [0.3, 0.4) is 0 Å². The Labute approximate surface area is 199 Å². The fourth-order valence-corrected chi connectivity index (χ4v) is 5.46. The van der Waals surface area contributed by atoms with Crippen molar-refractivity contribution in [3.05, 3.63) is 88.3 Å². The van der Waals surface area contributed by atoms with E-state index in [9.17, 15) is 9.90 Å². The van der Waals surface area contributed by atoms with Crippen molar-refractivity contribution < 1.29 is 14.6 Å². The standard InChI is InChI=1S/C29H30O3S/c1-4-6-23(15-28(30)31)22-11-9-21(10-12-22)17-32-24-13-14-27-25(16-24)26(18-33-27)29-19(2)7-5-8-20(29)3/h5,7-14,16,18,23H,4,6,15,17H2,1-3H3,(H,30,31)/t23-/m0/s1. The highest BCUT2D eigenvalue weighted by molar-refractivity contribution is 7.17. The fraction of sp³-hybridized carbons (Fsp3) is 0.276. The van der Waals surface area contributed by atoms with Crippen LogP contribution in [0.2, 0.25) is 0 Å². The van der Waals surface area contributed by atoms with Crippen LogP contribution in [-0.2, 0) is 11.4 Å². The van der Waals surface area contributed by atoms with Gasteiger partial charge in [-0.15, -0.1) is 11.3 Å². The van der Waals surface area contributed by atoms with Crippen LogP contribution in [0, 0.1) is 13.8 Å². The van der Waals surface area contributed by atoms with E-state index in [4.69, 9.17) is 4.74 Å². The van der Waals surface area contributed by atoms with Gasteiger partial charge in [0.2, 0.25) is 0 Å². The van der Waals surface area contributed by atoms with Gasteiger partial charge in [-0.05, 0) is 77.6 Å². The normalized spacial score (nSPS) is 12.1. The molecule has 4 rings (SSSR count). The summed E-state index contributed by atoms with van der Waals surface area (Å²) in [6, 6.07) is 20.9. The maximum Gasteiger partial charge on any atom is 0.303 e. The molecule has 1 heterocycles. The maximum atomic E-state index is 11.2. The number of hydrogen-bond donors (Lipinski definition) is 1. The molecular formula is C29H30O3S. The van der Waals surface area contributed by atoms with Crippen LogP contribution in [0.5, 0.6) is 5.75 Å². The van der Waals surface area contributed by atoms with Crippen molar-refractivity contribution in [2.45, 2.75) is 52.6 Å². The summed E-state index contributed by atoms with van der Waals surface area (Å²) in [5, 5.41) is 12.7. The van der Waals surface area contributed by atoms with Crippen LogP contribution in [0.15, 0.2) is 66.0 Å². The maximum absolute atomic E-state index is 11.2. The van der Waals surface area contributed by atoms with E-state index >= 15 is 0 Å². The minimum absolute atomic E-state index is 0.0618. The van der Waals surface area contributed by atoms with Crippen LogP contribution in [-0.4, -0.2) is 11.1 Å². The Morgan fingerprint density at radius 3 is 2.42 bits per heavy atom. The molecule has 0 fully saturated rings. The first kappa shape index (κ1) is 23.1. The van der Waals surface area contributed by atoms with E-state index in [1.807, 2.05) is 30.3 Å². The summed E-state index contributed by atoms with van der Waals surface area (Å²) in [4.78, 5) is 11.2. The van der Waals surface area contributed by atoms with Gasteiger partial charge in [-0.1, -0.05) is 55.8 Å². The molecule has 0 saturated carbocycles. The van der Waals surface area contributed by atoms with E-state index in [1.54, 1.807) is 11.3 Å². The Kier molecular flexibility index (Phi) is 7.14. The van der Waals surface area contributed by atoms with Gasteiger partial charge in [0.1, 0.15) is 12.4 Å². The van der Waals surface area contributed by atoms with Gasteiger partial charge in [-0.25, -0.2) is 0 Å². The van der Waals surface area contributed by atoms with Crippen molar-refractivity contribution in [3.63, 3.8) is 0 Å². The average molecular weight is 459 g/mol. The molecule has 3 nitrogen and oxygen atoms in total. The predicted octanol–water partition coefficient (Wildman–Crippen LogP) is 8.12. The first-order chi connectivity index (χ1) is 16.0. The minimum atomic E-state index is -0.745. The van der Waals surface area contributed by atoms with Gasteiger partial charge >= 0.3 is 5.97 Å². The van der Waals surface area contributed by atoms with Crippen molar-refractivity contribution in [1.29, 1.82) is 0 Å². The molecule has 0 spiro atoms. The molecule has 0 radical (unpaired) electrons. The molecule has 0 aliphatic carbocycles. The monoisotopic (exact) mass is 458 g/mol. The van der Waals surface area contributed by atoms with Crippen molar-refractivity contribution in [1.82, 2.24) is 0 Å². The molecule has 1 atom stereocenters. The van der Waals surface area contributed by atoms with Gasteiger partial charge in [0.25, 0.3) is 0 Å². The molecule has 4 aromatic rings. The Hall–Kier alpha value is -3.11. The number of benzene rings is 3. The highest BCUT2D eigenvalue weighted by Crippen LogP contribution is 2.39. The van der Waals surface area contributed by atoms with E-state index in [0.29, 0.717) is 6.61 Å². The van der Waals surface area contributed by atoms with Gasteiger partial charge in [-0.2, -0.15) is 0 Å². The second-order valence-electron chi connectivity index (χ2n) is 8.69. The minimum Gasteiger partial charge on any atom is -0.489 e. The van der Waals surface area contributed by atoms with E-state index in [2.05, 4.69) is 56.5 Å². The molecule has 1 N–H and O–H groups in total. The Morgan fingerprint density at radius 2 is 1.76 bits per heavy atom. The first-order valence-corrected chi connectivity index (χ1v) is 12.4. The summed E-state index contributed by atoms with van der Waals surface area (Å²) in [5.41, 5.74) is 7.29. The summed E-state index contributed by atoms with van der Waals surface area (Å²) >= 11 is 1.76. The average Bonchev–Trinajstić information content (AvgIpc) is 3.20. The third-order valence-corrected chi connectivity index (χ3v) is 7.17. The lowest BCUT2D eigenvalue weighted by Crippen LogP contribution is -2.06. The number of aliphatic carboxylic acids is 1. The van der Waals surface area contributed by atoms with Gasteiger partial charge < -0.3 is 9.84 Å². The number of hydrogen-bond acceptors (Lipinski definition) is 3. The smallest absolute Gasteiger partial charge is 0.303 e. The van der Waals surface area contributed by atoms with E-state index < -0.39 is 5.97 Å². The van der Waals surface area contributed by atoms with Gasteiger partial charge in [-0.3, -0.25) is 4.79 Å². The second kappa shape index (κ2) is 10.2. The number of ether oxygens (including phenoxy) is 1. The fourth-order valence-electron chi connectivity index (χ4n) is 4.53. The molecule has 0 aliphatic rings. The molecule has 0 unspecified atom stereocenters. The molecule has 0 saturated heterocycles. The predicted molar refractivity (Wildman–Crippen MR) is 137 cm³/mol. The lowest BCUT2D eigenvalue weighted by Gasteiger charge is -2.15. The van der Waals surface area contributed by atoms with E-state index in [-0.39, 0.29) is 12.3 Å². The quantitative estimate of drug-likeness (QED) is 0.275. The zero-order valence-electron chi connectivity index (χ0n) is 19.4. The van der Waals surface area contributed by atoms with Crippen LogP contribution in [0.1, 0.15) is 54.4 Å². The van der Waals surface area contributed by atoms with Crippen molar-refractivity contribution >= 4 is 27.4 Å². The molecular weight excluding hydrogens is 428 g/mol. The summed E-state index contributed by atoms with van der Waals surface area (Å²) in [5.74, 6) is 0.170. The zero-order chi connectivity index (χ0) is 23.4. The largest absolute Gasteiger partial charge is 0.489 e. The van der Waals surface area contributed by atoms with Gasteiger partial charge in [0, 0.05) is 15.6 Å². The Morgan fingerprint density at radius 1 is 1.03 bits per heavy atom. The van der Waals surface area contributed by atoms with Gasteiger partial charge in [0.05, 0.1) is 6.42 Å². The molecule has 33 heavy (non-hydrogen) atoms. The molecule has 4 heteroatoms. The third-order valence-electron chi connectivity index (χ3n) is 6.21. The van der Waals surface area contributed by atoms with Crippen molar-refractivity contribution in [3.8, 4) is 16.9 Å². The summed E-state index contributed by atoms with van der Waals surface area (Å²) < 4.78 is 7.40. The van der Waals surface area contributed by atoms with E-state index in [1.165, 1.54) is 32.3 Å². The number of fused-ring (bicyclic) bond motifs is 1. The number of aryl methyl sites for hydroxylation is 2. The zero-order valence-corrected chi connectivity index (χ0v) is 20.2. The number of carboxylic acids is 1. The Bertz CT molecular complexity index is 1230. The first-order valence-electron chi connectivity index (χ1n) is 11.5. The summed E-state index contributed by atoms with van der Waals surface area (Å²) in [7, 11) is 0. The lowest BCUT2D eigenvalue weighted by atomic mass is 9.91. The topological polar surface area (TPSA) is 46.5 Å². The number of thiophene rings is 1. The second-order valence-corrected chi connectivity index (χ2v) is 9.60. The summed E-state index contributed by atoms with van der Waals surface area (Å²) in [6.07, 6.45) is 2.02. The lowest BCUT2D eigenvalue weighted by molar-refractivity contribution is -0.137. The van der Waals surface area contributed by atoms with Crippen LogP contribution in [0.4, 0.5) is 0 Å². The van der Waals surface area contributed by atoms with Gasteiger partial charge in [0.15, 0.2) is 0 Å². The summed E-state index contributed by atoms with van der Waals surface area (Å²) in [6.45, 7) is 6.90. The number of carbonyl (C=O) groups is 1. The Balaban J connectivity index is 1.51. The molecule has 3 aromatic carbocycles. The molecule has 0 aliphatic heterocycles. The van der Waals surface area contributed by atoms with Crippen molar-refractivity contribution in [2.24, 2.45) is 0 Å². The molecule has 0 amide bonds. The SMILES string of the molecule is CCC[C@@H](CC(=O)O)c1ccc(COc2ccc3scc(-c4c(C)cccc4C)c3c2)cc1. The van der Waals surface area contributed by atoms with Crippen LogP contribution >= 0.6 is 11.3 Å². The number of carboxylic acid groups (broad SMARTS) is 1. The highest BCUT2D eigenvalue weighted by Gasteiger charge is 2.15. The molecule has 170 valence electrons. The number of rotatable bonds is 9. The van der Waals surface area contributed by atoms with Crippen LogP contribution in [0.25, 0.3) is 21.2 Å². The third kappa shape index (κ3) is 5.28.